The fourth-order valence-corrected chi connectivity index (χ4v) is 5.06. The van der Waals surface area contributed by atoms with Crippen LogP contribution in [0.2, 0.25) is 0 Å². The van der Waals surface area contributed by atoms with Crippen LogP contribution in [0.1, 0.15) is 56.1 Å². The van der Waals surface area contributed by atoms with Gasteiger partial charge in [0.05, 0.1) is 0 Å². The molecule has 2 aliphatic rings. The van der Waals surface area contributed by atoms with Gasteiger partial charge in [-0.1, -0.05) is 61.9 Å². The van der Waals surface area contributed by atoms with Gasteiger partial charge >= 0.3 is 12.1 Å². The fourth-order valence-electron chi connectivity index (χ4n) is 5.06. The highest BCUT2D eigenvalue weighted by Gasteiger charge is 2.40. The number of fused-ring (bicyclic) bond motifs is 3. The van der Waals surface area contributed by atoms with Gasteiger partial charge in [0.2, 0.25) is 5.91 Å². The molecule has 1 aliphatic heterocycles. The maximum Gasteiger partial charge on any atom is 0.407 e. The summed E-state index contributed by atoms with van der Waals surface area (Å²) >= 11 is 0. The van der Waals surface area contributed by atoms with E-state index in [0.717, 1.165) is 28.7 Å². The predicted octanol–water partition coefficient (Wildman–Crippen LogP) is 3.52. The van der Waals surface area contributed by atoms with Crippen molar-refractivity contribution >= 4 is 18.0 Å². The SMILES string of the molecule is CCCC(CC(=O)N1CCC(O)(C(=O)O)CC1)NC(=O)OCC1c2ccccc2-c2ccccc21. The minimum Gasteiger partial charge on any atom is -0.479 e. The molecule has 186 valence electrons. The van der Waals surface area contributed by atoms with E-state index in [1.807, 2.05) is 31.2 Å². The quantitative estimate of drug-likeness (QED) is 0.532. The molecule has 2 aromatic carbocycles. The summed E-state index contributed by atoms with van der Waals surface area (Å²) < 4.78 is 5.62. The first-order valence-electron chi connectivity index (χ1n) is 12.2. The van der Waals surface area contributed by atoms with Crippen LogP contribution in [-0.2, 0) is 14.3 Å². The zero-order chi connectivity index (χ0) is 25.0. The van der Waals surface area contributed by atoms with Crippen LogP contribution in [0.3, 0.4) is 0 Å². The third kappa shape index (κ3) is 5.32. The highest BCUT2D eigenvalue weighted by Crippen LogP contribution is 2.44. The smallest absolute Gasteiger partial charge is 0.407 e. The number of nitrogens with zero attached hydrogens (tertiary/aromatic N) is 1. The van der Waals surface area contributed by atoms with Crippen LogP contribution in [0.25, 0.3) is 11.1 Å². The van der Waals surface area contributed by atoms with Gasteiger partial charge in [0.1, 0.15) is 6.61 Å². The minimum atomic E-state index is -1.78. The van der Waals surface area contributed by atoms with Gasteiger partial charge in [0, 0.05) is 44.3 Å². The Kier molecular flexibility index (Phi) is 7.40. The van der Waals surface area contributed by atoms with Crippen molar-refractivity contribution < 1.29 is 29.3 Å². The van der Waals surface area contributed by atoms with Gasteiger partial charge in [-0.05, 0) is 28.7 Å². The van der Waals surface area contributed by atoms with Crippen molar-refractivity contribution in [2.45, 2.75) is 56.6 Å². The number of alkyl carbamates (subject to hydrolysis) is 1. The molecular formula is C27H32N2O6. The Morgan fingerprint density at radius 2 is 1.63 bits per heavy atom. The molecule has 1 aliphatic carbocycles. The summed E-state index contributed by atoms with van der Waals surface area (Å²) in [4.78, 5) is 38.2. The molecule has 1 saturated heterocycles. The van der Waals surface area contributed by atoms with Crippen molar-refractivity contribution in [1.82, 2.24) is 10.2 Å². The number of ether oxygens (including phenoxy) is 1. The van der Waals surface area contributed by atoms with E-state index in [1.165, 1.54) is 0 Å². The molecule has 4 rings (SSSR count). The zero-order valence-electron chi connectivity index (χ0n) is 19.9. The number of hydrogen-bond acceptors (Lipinski definition) is 5. The molecule has 1 heterocycles. The number of benzene rings is 2. The first kappa shape index (κ1) is 24.7. The molecule has 1 fully saturated rings. The number of amides is 2. The second kappa shape index (κ2) is 10.5. The molecule has 0 spiro atoms. The lowest BCUT2D eigenvalue weighted by Gasteiger charge is -2.36. The average Bonchev–Trinajstić information content (AvgIpc) is 3.17. The molecule has 0 bridgehead atoms. The number of piperidine rings is 1. The number of hydrogen-bond donors (Lipinski definition) is 3. The number of carbonyl (C=O) groups is 3. The van der Waals surface area contributed by atoms with E-state index in [1.54, 1.807) is 4.90 Å². The van der Waals surface area contributed by atoms with E-state index < -0.39 is 17.7 Å². The molecule has 3 N–H and O–H groups in total. The normalized spacial score (nSPS) is 17.3. The van der Waals surface area contributed by atoms with E-state index in [4.69, 9.17) is 9.84 Å². The van der Waals surface area contributed by atoms with Gasteiger partial charge in [-0.25, -0.2) is 9.59 Å². The Balaban J connectivity index is 1.33. The largest absolute Gasteiger partial charge is 0.479 e. The Morgan fingerprint density at radius 3 is 2.17 bits per heavy atom. The van der Waals surface area contributed by atoms with Gasteiger partial charge in [0.15, 0.2) is 5.60 Å². The molecule has 0 aromatic heterocycles. The summed E-state index contributed by atoms with van der Waals surface area (Å²) in [5.74, 6) is -1.47. The monoisotopic (exact) mass is 480 g/mol. The van der Waals surface area contributed by atoms with E-state index in [2.05, 4.69) is 29.6 Å². The molecule has 35 heavy (non-hydrogen) atoms. The fraction of sp³-hybridized carbons (Fsp3) is 0.444. The van der Waals surface area contributed by atoms with Gasteiger partial charge < -0.3 is 25.2 Å². The Bertz CT molecular complexity index is 1050. The minimum absolute atomic E-state index is 0.00761. The van der Waals surface area contributed by atoms with Crippen LogP contribution in [0.15, 0.2) is 48.5 Å². The number of likely N-dealkylation sites (tertiary alicyclic amines) is 1. The van der Waals surface area contributed by atoms with Crippen molar-refractivity contribution in [3.8, 4) is 11.1 Å². The third-order valence-corrected chi connectivity index (χ3v) is 7.07. The Labute approximate surface area is 204 Å². The summed E-state index contributed by atoms with van der Waals surface area (Å²) in [7, 11) is 0. The van der Waals surface area contributed by atoms with Crippen LogP contribution in [0.4, 0.5) is 4.79 Å². The summed E-state index contributed by atoms with van der Waals surface area (Å²) in [6, 6.07) is 15.9. The van der Waals surface area contributed by atoms with Gasteiger partial charge in [0.25, 0.3) is 0 Å². The lowest BCUT2D eigenvalue weighted by Crippen LogP contribution is -2.51. The Hall–Kier alpha value is -3.39. The number of nitrogens with one attached hydrogen (secondary N) is 1. The second-order valence-corrected chi connectivity index (χ2v) is 9.38. The molecular weight excluding hydrogens is 448 g/mol. The van der Waals surface area contributed by atoms with E-state index >= 15 is 0 Å². The first-order chi connectivity index (χ1) is 16.8. The van der Waals surface area contributed by atoms with Gasteiger partial charge in [-0.2, -0.15) is 0 Å². The van der Waals surface area contributed by atoms with Crippen LogP contribution in [-0.4, -0.2) is 64.4 Å². The van der Waals surface area contributed by atoms with E-state index in [0.29, 0.717) is 6.42 Å². The molecule has 1 atom stereocenters. The third-order valence-electron chi connectivity index (χ3n) is 7.07. The first-order valence-corrected chi connectivity index (χ1v) is 12.2. The second-order valence-electron chi connectivity index (χ2n) is 9.38. The van der Waals surface area contributed by atoms with Crippen molar-refractivity contribution in [2.75, 3.05) is 19.7 Å². The molecule has 0 radical (unpaired) electrons. The molecule has 1 unspecified atom stereocenters. The van der Waals surface area contributed by atoms with Crippen molar-refractivity contribution in [1.29, 1.82) is 0 Å². The number of rotatable bonds is 8. The van der Waals surface area contributed by atoms with E-state index in [-0.39, 0.29) is 56.8 Å². The summed E-state index contributed by atoms with van der Waals surface area (Å²) in [6.07, 6.45) is 0.919. The summed E-state index contributed by atoms with van der Waals surface area (Å²) in [6.45, 7) is 2.52. The lowest BCUT2D eigenvalue weighted by atomic mass is 9.91. The van der Waals surface area contributed by atoms with Crippen LogP contribution >= 0.6 is 0 Å². The molecule has 0 saturated carbocycles. The van der Waals surface area contributed by atoms with E-state index in [9.17, 15) is 19.5 Å². The summed E-state index contributed by atoms with van der Waals surface area (Å²) in [5.41, 5.74) is 2.80. The van der Waals surface area contributed by atoms with Crippen LogP contribution in [0, 0.1) is 0 Å². The highest BCUT2D eigenvalue weighted by molar-refractivity contribution is 5.81. The Morgan fingerprint density at radius 1 is 1.06 bits per heavy atom. The molecule has 2 amide bonds. The van der Waals surface area contributed by atoms with Crippen molar-refractivity contribution in [2.24, 2.45) is 0 Å². The lowest BCUT2D eigenvalue weighted by molar-refractivity contribution is -0.165. The van der Waals surface area contributed by atoms with Crippen LogP contribution in [0.5, 0.6) is 0 Å². The number of aliphatic carboxylic acids is 1. The topological polar surface area (TPSA) is 116 Å². The number of aliphatic hydroxyl groups is 1. The number of carboxylic acid groups (broad SMARTS) is 1. The average molecular weight is 481 g/mol. The zero-order valence-corrected chi connectivity index (χ0v) is 19.9. The maximum atomic E-state index is 12.8. The maximum absolute atomic E-state index is 12.8. The molecule has 8 nitrogen and oxygen atoms in total. The van der Waals surface area contributed by atoms with Gasteiger partial charge in [-0.15, -0.1) is 0 Å². The predicted molar refractivity (Wildman–Crippen MR) is 130 cm³/mol. The van der Waals surface area contributed by atoms with Gasteiger partial charge in [-0.3, -0.25) is 4.79 Å². The highest BCUT2D eigenvalue weighted by atomic mass is 16.5. The van der Waals surface area contributed by atoms with Crippen LogP contribution < -0.4 is 5.32 Å². The standard InChI is InChI=1S/C27H32N2O6/c1-2-7-18(16-24(30)29-14-12-27(34,13-15-29)25(31)32)28-26(33)35-17-23-21-10-5-3-8-19(21)20-9-4-6-11-22(20)23/h3-6,8-11,18,23,34H,2,7,12-17H2,1H3,(H,28,33)(H,31,32). The van der Waals surface area contributed by atoms with Crippen molar-refractivity contribution in [3.63, 3.8) is 0 Å². The number of carbonyl (C=O) groups excluding carboxylic acids is 2. The summed E-state index contributed by atoms with van der Waals surface area (Å²) in [5, 5.41) is 22.1. The molecule has 2 aromatic rings. The molecule has 8 heteroatoms. The van der Waals surface area contributed by atoms with Crippen molar-refractivity contribution in [3.05, 3.63) is 59.7 Å². The number of carboxylic acids is 1.